The maximum absolute atomic E-state index is 14.2. The molecule has 0 aliphatic carbocycles. The molecule has 0 unspecified atom stereocenters. The molecule has 1 aromatic heterocycles. The lowest BCUT2D eigenvalue weighted by Gasteiger charge is -2.23. The Morgan fingerprint density at radius 3 is 2.62 bits per heavy atom. The van der Waals surface area contributed by atoms with Gasteiger partial charge in [0.2, 0.25) is 5.82 Å². The highest BCUT2D eigenvalue weighted by Crippen LogP contribution is 2.44. The van der Waals surface area contributed by atoms with Crippen LogP contribution in [0.3, 0.4) is 0 Å². The molecule has 3 N–H and O–H groups in total. The van der Waals surface area contributed by atoms with E-state index in [0.717, 1.165) is 6.07 Å². The number of rotatable bonds is 5. The lowest BCUT2D eigenvalue weighted by Crippen LogP contribution is -2.33. The molecule has 0 spiro atoms. The molecular weight excluding hydrogens is 384 g/mol. The van der Waals surface area contributed by atoms with E-state index in [2.05, 4.69) is 10.3 Å². The van der Waals surface area contributed by atoms with Gasteiger partial charge in [0.05, 0.1) is 13.2 Å². The third kappa shape index (κ3) is 3.91. The number of ether oxygens (including phenoxy) is 2. The summed E-state index contributed by atoms with van der Waals surface area (Å²) in [5.41, 5.74) is 5.86. The second-order valence-corrected chi connectivity index (χ2v) is 6.91. The topological polar surface area (TPSA) is 104 Å². The van der Waals surface area contributed by atoms with E-state index in [1.54, 1.807) is 6.92 Å². The van der Waals surface area contributed by atoms with Crippen molar-refractivity contribution in [3.8, 4) is 5.75 Å². The average Bonchev–Trinajstić information content (AvgIpc) is 2.99. The molecule has 29 heavy (non-hydrogen) atoms. The van der Waals surface area contributed by atoms with E-state index in [1.165, 1.54) is 31.5 Å². The van der Waals surface area contributed by atoms with Crippen LogP contribution >= 0.6 is 0 Å². The van der Waals surface area contributed by atoms with Gasteiger partial charge < -0.3 is 20.5 Å². The average molecular weight is 405 g/mol. The van der Waals surface area contributed by atoms with Crippen LogP contribution in [0, 0.1) is 17.6 Å². The first-order valence-corrected chi connectivity index (χ1v) is 8.98. The highest BCUT2D eigenvalue weighted by molar-refractivity contribution is 5.97. The van der Waals surface area contributed by atoms with Crippen LogP contribution in [0.25, 0.3) is 0 Å². The largest absolute Gasteiger partial charge is 0.493 e. The van der Waals surface area contributed by atoms with Crippen molar-refractivity contribution < 1.29 is 27.8 Å². The van der Waals surface area contributed by atoms with Crippen LogP contribution in [0.5, 0.6) is 5.75 Å². The number of amides is 2. The van der Waals surface area contributed by atoms with Crippen LogP contribution in [-0.4, -0.2) is 36.1 Å². The molecule has 9 heteroatoms. The van der Waals surface area contributed by atoms with Crippen LogP contribution in [0.4, 0.5) is 14.5 Å². The summed E-state index contributed by atoms with van der Waals surface area (Å²) in [6.07, 6.45) is 0.0444. The number of halogens is 2. The Morgan fingerprint density at radius 1 is 1.24 bits per heavy atom. The van der Waals surface area contributed by atoms with Crippen molar-refractivity contribution in [1.29, 1.82) is 0 Å². The zero-order chi connectivity index (χ0) is 21.3. The van der Waals surface area contributed by atoms with E-state index in [-0.39, 0.29) is 23.5 Å². The first kappa shape index (κ1) is 20.7. The Kier molecular flexibility index (Phi) is 5.78. The lowest BCUT2D eigenvalue weighted by molar-refractivity contribution is -0.127. The Labute approximate surface area is 166 Å². The van der Waals surface area contributed by atoms with Crippen LogP contribution in [0.2, 0.25) is 0 Å². The molecule has 4 atom stereocenters. The van der Waals surface area contributed by atoms with Crippen molar-refractivity contribution in [3.05, 3.63) is 53.4 Å². The molecule has 1 aliphatic rings. The predicted molar refractivity (Wildman–Crippen MR) is 101 cm³/mol. The molecule has 1 aromatic carbocycles. The number of carbonyl (C=O) groups is 2. The molecular formula is C20H21F2N3O4. The van der Waals surface area contributed by atoms with E-state index in [9.17, 15) is 18.4 Å². The minimum atomic E-state index is -1.11. The molecule has 3 rings (SSSR count). The van der Waals surface area contributed by atoms with Gasteiger partial charge in [-0.2, -0.15) is 4.39 Å². The number of hydrogen-bond acceptors (Lipinski definition) is 5. The summed E-state index contributed by atoms with van der Waals surface area (Å²) in [5, 5.41) is 2.66. The number of nitrogens with zero attached hydrogens (tertiary/aromatic N) is 1. The van der Waals surface area contributed by atoms with Gasteiger partial charge in [-0.3, -0.25) is 14.6 Å². The number of hydrogen-bond donors (Lipinski definition) is 2. The number of primary amides is 1. The molecule has 2 heterocycles. The van der Waals surface area contributed by atoms with Crippen molar-refractivity contribution in [2.75, 3.05) is 12.4 Å². The summed E-state index contributed by atoms with van der Waals surface area (Å²) in [5.74, 6) is -4.39. The molecule has 1 aliphatic heterocycles. The molecule has 1 saturated heterocycles. The number of aromatic nitrogens is 1. The number of benzene rings is 1. The van der Waals surface area contributed by atoms with E-state index >= 15 is 0 Å². The first-order valence-electron chi connectivity index (χ1n) is 8.98. The quantitative estimate of drug-likeness (QED) is 0.796. The Balaban J connectivity index is 1.94. The summed E-state index contributed by atoms with van der Waals surface area (Å²) in [6, 6.07) is 5.24. The van der Waals surface area contributed by atoms with E-state index in [0.29, 0.717) is 11.3 Å². The number of nitrogens with two attached hydrogens (primary N) is 1. The normalized spacial score (nSPS) is 23.6. The summed E-state index contributed by atoms with van der Waals surface area (Å²) in [4.78, 5) is 28.1. The highest BCUT2D eigenvalue weighted by atomic mass is 19.2. The fourth-order valence-corrected chi connectivity index (χ4v) is 3.55. The van der Waals surface area contributed by atoms with Crippen molar-refractivity contribution in [1.82, 2.24) is 4.98 Å². The number of nitrogens with one attached hydrogen (secondary N) is 1. The molecule has 2 amide bonds. The zero-order valence-corrected chi connectivity index (χ0v) is 16.1. The molecule has 154 valence electrons. The fraction of sp³-hybridized carbons (Fsp3) is 0.350. The lowest BCUT2D eigenvalue weighted by atomic mass is 9.82. The predicted octanol–water partition coefficient (Wildman–Crippen LogP) is 2.61. The maximum Gasteiger partial charge on any atom is 0.267 e. The Bertz CT molecular complexity index is 953. The van der Waals surface area contributed by atoms with Gasteiger partial charge in [-0.15, -0.1) is 0 Å². The Hall–Kier alpha value is -3.07. The molecule has 2 aromatic rings. The van der Waals surface area contributed by atoms with E-state index in [4.69, 9.17) is 15.2 Å². The zero-order valence-electron chi connectivity index (χ0n) is 16.1. The van der Waals surface area contributed by atoms with Gasteiger partial charge in [0.25, 0.3) is 11.8 Å². The molecule has 0 saturated carbocycles. The second kappa shape index (κ2) is 8.12. The highest BCUT2D eigenvalue weighted by Gasteiger charge is 2.46. The molecule has 7 nitrogen and oxygen atoms in total. The Morgan fingerprint density at radius 2 is 1.97 bits per heavy atom. The van der Waals surface area contributed by atoms with Gasteiger partial charge in [0.1, 0.15) is 11.8 Å². The first-order chi connectivity index (χ1) is 13.7. The second-order valence-electron chi connectivity index (χ2n) is 6.91. The number of anilines is 1. The van der Waals surface area contributed by atoms with Gasteiger partial charge in [-0.1, -0.05) is 13.0 Å². The third-order valence-corrected chi connectivity index (χ3v) is 5.18. The summed E-state index contributed by atoms with van der Waals surface area (Å²) in [7, 11) is 1.24. The summed E-state index contributed by atoms with van der Waals surface area (Å²) in [6.45, 7) is 3.66. The van der Waals surface area contributed by atoms with E-state index < -0.39 is 35.5 Å². The van der Waals surface area contributed by atoms with Crippen molar-refractivity contribution >= 4 is 17.5 Å². The fourth-order valence-electron chi connectivity index (χ4n) is 3.55. The van der Waals surface area contributed by atoms with Crippen LogP contribution in [0.15, 0.2) is 30.5 Å². The number of carbonyl (C=O) groups excluding carboxylic acids is 2. The van der Waals surface area contributed by atoms with Gasteiger partial charge in [-0.05, 0) is 31.0 Å². The van der Waals surface area contributed by atoms with Crippen molar-refractivity contribution in [2.45, 2.75) is 32.0 Å². The number of pyridine rings is 1. The van der Waals surface area contributed by atoms with Crippen molar-refractivity contribution in [2.24, 2.45) is 11.7 Å². The maximum atomic E-state index is 14.2. The minimum Gasteiger partial charge on any atom is -0.493 e. The van der Waals surface area contributed by atoms with Gasteiger partial charge in [0.15, 0.2) is 11.6 Å². The van der Waals surface area contributed by atoms with Crippen LogP contribution in [-0.2, 0) is 9.53 Å². The van der Waals surface area contributed by atoms with Gasteiger partial charge >= 0.3 is 0 Å². The smallest absolute Gasteiger partial charge is 0.267 e. The molecule has 1 fully saturated rings. The summed E-state index contributed by atoms with van der Waals surface area (Å²) >= 11 is 0. The monoisotopic (exact) mass is 405 g/mol. The molecule has 0 radical (unpaired) electrons. The van der Waals surface area contributed by atoms with Gasteiger partial charge in [0, 0.05) is 23.4 Å². The minimum absolute atomic E-state index is 0.00398. The van der Waals surface area contributed by atoms with Crippen LogP contribution in [0.1, 0.15) is 35.8 Å². The standard InChI is InChI=1S/C20H21F2N3O4/c1-9-10(2)29-18(15(9)12-4-5-13(21)16(22)17(12)28-3)20(27)25-11-6-7-24-14(8-11)19(23)26/h4-10,15,18H,1-3H3,(H2,23,26)(H,24,25,27)/t9-,10-,15-,18-/m0/s1. The van der Waals surface area contributed by atoms with Crippen LogP contribution < -0.4 is 15.8 Å². The third-order valence-electron chi connectivity index (χ3n) is 5.18. The van der Waals surface area contributed by atoms with E-state index in [1.807, 2.05) is 6.92 Å². The van der Waals surface area contributed by atoms with Crippen molar-refractivity contribution in [3.63, 3.8) is 0 Å². The SMILES string of the molecule is COc1c([C@@H]2[C@@H](C)[C@H](C)O[C@@H]2C(=O)Nc2ccnc(C(N)=O)c2)ccc(F)c1F. The van der Waals surface area contributed by atoms with Gasteiger partial charge in [-0.25, -0.2) is 4.39 Å². The summed E-state index contributed by atoms with van der Waals surface area (Å²) < 4.78 is 38.8. The number of methoxy groups -OCH3 is 1. The molecule has 0 bridgehead atoms.